The number of rotatable bonds is 4. The van der Waals surface area contributed by atoms with E-state index in [1.165, 1.54) is 13.8 Å². The van der Waals surface area contributed by atoms with Crippen molar-refractivity contribution in [2.24, 2.45) is 0 Å². The highest BCUT2D eigenvalue weighted by Crippen LogP contribution is 2.23. The summed E-state index contributed by atoms with van der Waals surface area (Å²) in [5.41, 5.74) is 0.131. The van der Waals surface area contributed by atoms with E-state index in [0.717, 1.165) is 0 Å². The molecule has 0 aliphatic heterocycles. The number of aromatic nitrogens is 1. The van der Waals surface area contributed by atoms with Gasteiger partial charge in [0.2, 0.25) is 5.76 Å². The van der Waals surface area contributed by atoms with Gasteiger partial charge >= 0.3 is 12.1 Å². The fraction of sp³-hybridized carbons (Fsp3) is 0.500. The SMILES string of the molecule is Cc1nc(C)c(C(=O)NC(CC(=O)O)C(F)(F)F)o1. The Labute approximate surface area is 105 Å². The topological polar surface area (TPSA) is 92.4 Å². The van der Waals surface area contributed by atoms with Crippen molar-refractivity contribution in [1.29, 1.82) is 0 Å². The van der Waals surface area contributed by atoms with Gasteiger partial charge in [-0.1, -0.05) is 0 Å². The van der Waals surface area contributed by atoms with Crippen LogP contribution < -0.4 is 5.32 Å². The number of carbonyl (C=O) groups is 2. The predicted molar refractivity (Wildman–Crippen MR) is 55.5 cm³/mol. The Morgan fingerprint density at radius 3 is 2.37 bits per heavy atom. The van der Waals surface area contributed by atoms with Gasteiger partial charge in [-0.05, 0) is 6.92 Å². The molecule has 106 valence electrons. The second kappa shape index (κ2) is 5.29. The van der Waals surface area contributed by atoms with Crippen molar-refractivity contribution in [2.45, 2.75) is 32.5 Å². The highest BCUT2D eigenvalue weighted by atomic mass is 19.4. The van der Waals surface area contributed by atoms with Crippen molar-refractivity contribution in [3.63, 3.8) is 0 Å². The Morgan fingerprint density at radius 1 is 1.42 bits per heavy atom. The molecule has 0 aromatic carbocycles. The summed E-state index contributed by atoms with van der Waals surface area (Å²) in [6.07, 6.45) is -6.13. The molecule has 1 heterocycles. The number of nitrogens with one attached hydrogen (secondary N) is 1. The van der Waals surface area contributed by atoms with Gasteiger partial charge < -0.3 is 14.8 Å². The van der Waals surface area contributed by atoms with Gasteiger partial charge in [0.15, 0.2) is 5.89 Å². The molecule has 1 amide bonds. The number of halogens is 3. The highest BCUT2D eigenvalue weighted by Gasteiger charge is 2.42. The van der Waals surface area contributed by atoms with Crippen LogP contribution in [0.25, 0.3) is 0 Å². The molecule has 9 heteroatoms. The molecule has 6 nitrogen and oxygen atoms in total. The van der Waals surface area contributed by atoms with Crippen LogP contribution in [0.5, 0.6) is 0 Å². The van der Waals surface area contributed by atoms with Gasteiger partial charge in [0, 0.05) is 6.92 Å². The summed E-state index contributed by atoms with van der Waals surface area (Å²) in [4.78, 5) is 25.7. The maximum atomic E-state index is 12.5. The van der Waals surface area contributed by atoms with Gasteiger partial charge in [-0.15, -0.1) is 0 Å². The zero-order valence-electron chi connectivity index (χ0n) is 10.0. The molecule has 0 radical (unpaired) electrons. The number of amides is 1. The standard InChI is InChI=1S/C10H11F3N2O4/c1-4-8(19-5(2)14-4)9(18)15-6(3-7(16)17)10(11,12)13/h6H,3H2,1-2H3,(H,15,18)(H,16,17). The van der Waals surface area contributed by atoms with Crippen molar-refractivity contribution in [3.05, 3.63) is 17.3 Å². The number of oxazole rings is 1. The summed E-state index contributed by atoms with van der Waals surface area (Å²) in [5, 5.41) is 9.98. The third-order valence-electron chi connectivity index (χ3n) is 2.19. The third kappa shape index (κ3) is 3.97. The molecular formula is C10H11F3N2O4. The van der Waals surface area contributed by atoms with E-state index in [2.05, 4.69) is 4.98 Å². The molecule has 0 saturated heterocycles. The fourth-order valence-corrected chi connectivity index (χ4v) is 1.39. The van der Waals surface area contributed by atoms with E-state index in [1.807, 2.05) is 0 Å². The zero-order chi connectivity index (χ0) is 14.8. The normalized spacial score (nSPS) is 13.1. The molecule has 1 rings (SSSR count). The Morgan fingerprint density at radius 2 is 2.00 bits per heavy atom. The van der Waals surface area contributed by atoms with Gasteiger partial charge in [0.1, 0.15) is 6.04 Å². The maximum absolute atomic E-state index is 12.5. The van der Waals surface area contributed by atoms with Crippen LogP contribution in [0.4, 0.5) is 13.2 Å². The monoisotopic (exact) mass is 280 g/mol. The van der Waals surface area contributed by atoms with Crippen molar-refractivity contribution in [3.8, 4) is 0 Å². The molecular weight excluding hydrogens is 269 g/mol. The summed E-state index contributed by atoms with van der Waals surface area (Å²) in [7, 11) is 0. The van der Waals surface area contributed by atoms with Crippen LogP contribution in [-0.2, 0) is 4.79 Å². The Bertz CT molecular complexity index is 495. The van der Waals surface area contributed by atoms with E-state index in [-0.39, 0.29) is 17.3 Å². The number of hydrogen-bond acceptors (Lipinski definition) is 4. The van der Waals surface area contributed by atoms with Crippen molar-refractivity contribution in [2.75, 3.05) is 0 Å². The number of carboxylic acid groups (broad SMARTS) is 1. The average molecular weight is 280 g/mol. The smallest absolute Gasteiger partial charge is 0.409 e. The molecule has 0 saturated carbocycles. The van der Waals surface area contributed by atoms with E-state index < -0.39 is 30.5 Å². The summed E-state index contributed by atoms with van der Waals surface area (Å²) < 4.78 is 42.5. The third-order valence-corrected chi connectivity index (χ3v) is 2.19. The van der Waals surface area contributed by atoms with Crippen molar-refractivity contribution >= 4 is 11.9 Å². The molecule has 1 aromatic heterocycles. The van der Waals surface area contributed by atoms with Crippen molar-refractivity contribution in [1.82, 2.24) is 10.3 Å². The Hall–Kier alpha value is -2.06. The number of carboxylic acids is 1. The minimum absolute atomic E-state index is 0.129. The molecule has 1 unspecified atom stereocenters. The number of alkyl halides is 3. The molecule has 0 aliphatic rings. The van der Waals surface area contributed by atoms with Crippen LogP contribution >= 0.6 is 0 Å². The molecule has 19 heavy (non-hydrogen) atoms. The maximum Gasteiger partial charge on any atom is 0.409 e. The fourth-order valence-electron chi connectivity index (χ4n) is 1.39. The summed E-state index contributed by atoms with van der Waals surface area (Å²) in [6, 6.07) is -2.48. The van der Waals surface area contributed by atoms with Crippen molar-refractivity contribution < 1.29 is 32.3 Å². The number of aliphatic carboxylic acids is 1. The lowest BCUT2D eigenvalue weighted by atomic mass is 10.2. The molecule has 2 N–H and O–H groups in total. The van der Waals surface area contributed by atoms with E-state index in [4.69, 9.17) is 9.52 Å². The number of nitrogens with zero attached hydrogens (tertiary/aromatic N) is 1. The average Bonchev–Trinajstić information content (AvgIpc) is 2.54. The van der Waals surface area contributed by atoms with Gasteiger partial charge in [-0.3, -0.25) is 9.59 Å². The van der Waals surface area contributed by atoms with Crippen LogP contribution in [0.15, 0.2) is 4.42 Å². The first-order valence-corrected chi connectivity index (χ1v) is 5.14. The van der Waals surface area contributed by atoms with Crippen LogP contribution in [0, 0.1) is 13.8 Å². The van der Waals surface area contributed by atoms with Crippen LogP contribution in [0.1, 0.15) is 28.6 Å². The summed E-state index contributed by atoms with van der Waals surface area (Å²) in [6.45, 7) is 2.83. The predicted octanol–water partition coefficient (Wildman–Crippen LogP) is 1.43. The Balaban J connectivity index is 2.88. The first-order valence-electron chi connectivity index (χ1n) is 5.14. The van der Waals surface area contributed by atoms with E-state index in [1.54, 1.807) is 5.32 Å². The molecule has 0 aliphatic carbocycles. The van der Waals surface area contributed by atoms with Gasteiger partial charge in [0.05, 0.1) is 12.1 Å². The van der Waals surface area contributed by atoms with Gasteiger partial charge in [-0.25, -0.2) is 4.98 Å². The van der Waals surface area contributed by atoms with Gasteiger partial charge in [-0.2, -0.15) is 13.2 Å². The largest absolute Gasteiger partial charge is 0.481 e. The van der Waals surface area contributed by atoms with Gasteiger partial charge in [0.25, 0.3) is 5.91 Å². The molecule has 0 spiro atoms. The lowest BCUT2D eigenvalue weighted by Gasteiger charge is -2.19. The second-order valence-corrected chi connectivity index (χ2v) is 3.81. The number of aryl methyl sites for hydroxylation is 2. The minimum Gasteiger partial charge on any atom is -0.481 e. The summed E-state index contributed by atoms with van der Waals surface area (Å²) in [5.74, 6) is -3.06. The lowest BCUT2D eigenvalue weighted by molar-refractivity contribution is -0.165. The van der Waals surface area contributed by atoms with E-state index >= 15 is 0 Å². The molecule has 1 atom stereocenters. The minimum atomic E-state index is -4.86. The Kier molecular flexibility index (Phi) is 4.17. The molecule has 0 fully saturated rings. The quantitative estimate of drug-likeness (QED) is 0.870. The number of hydrogen-bond donors (Lipinski definition) is 2. The second-order valence-electron chi connectivity index (χ2n) is 3.81. The first-order chi connectivity index (χ1) is 8.61. The zero-order valence-corrected chi connectivity index (χ0v) is 10.0. The summed E-state index contributed by atoms with van der Waals surface area (Å²) >= 11 is 0. The van der Waals surface area contributed by atoms with E-state index in [0.29, 0.717) is 0 Å². The molecule has 0 bridgehead atoms. The molecule has 1 aromatic rings. The highest BCUT2D eigenvalue weighted by molar-refractivity contribution is 5.92. The number of carbonyl (C=O) groups excluding carboxylic acids is 1. The van der Waals surface area contributed by atoms with Crippen LogP contribution in [0.2, 0.25) is 0 Å². The first kappa shape index (κ1) is 15.0. The van der Waals surface area contributed by atoms with Crippen LogP contribution in [-0.4, -0.2) is 34.2 Å². The lowest BCUT2D eigenvalue weighted by Crippen LogP contribution is -2.46. The van der Waals surface area contributed by atoms with Crippen LogP contribution in [0.3, 0.4) is 0 Å². The van der Waals surface area contributed by atoms with E-state index in [9.17, 15) is 22.8 Å².